The van der Waals surface area contributed by atoms with Crippen LogP contribution in [0, 0.1) is 0 Å². The molecular weight excluding hydrogens is 220 g/mol. The van der Waals surface area contributed by atoms with Crippen molar-refractivity contribution in [1.29, 1.82) is 0 Å². The Kier molecular flexibility index (Phi) is 2.92. The molecule has 0 aromatic heterocycles. The quantitative estimate of drug-likeness (QED) is 0.791. The van der Waals surface area contributed by atoms with Crippen LogP contribution in [0.1, 0.15) is 12.0 Å². The lowest BCUT2D eigenvalue weighted by atomic mass is 9.97. The van der Waals surface area contributed by atoms with Crippen LogP contribution in [0.5, 0.6) is 0 Å². The maximum Gasteiger partial charge on any atom is 0.133 e. The monoisotopic (exact) mass is 234 g/mol. The lowest BCUT2D eigenvalue weighted by molar-refractivity contribution is 0.975. The maximum atomic E-state index is 4.33. The molecule has 0 saturated carbocycles. The molecule has 0 atom stereocenters. The summed E-state index contributed by atoms with van der Waals surface area (Å²) >= 11 is 0. The molecule has 0 amide bonds. The van der Waals surface area contributed by atoms with Crippen molar-refractivity contribution in [3.05, 3.63) is 77.8 Å². The highest BCUT2D eigenvalue weighted by Gasteiger charge is 2.08. The van der Waals surface area contributed by atoms with Crippen LogP contribution in [0.15, 0.2) is 77.2 Å². The van der Waals surface area contributed by atoms with E-state index in [9.17, 15) is 0 Å². The minimum atomic E-state index is 0.911. The van der Waals surface area contributed by atoms with E-state index < -0.39 is 0 Å². The Morgan fingerprint density at radius 2 is 1.94 bits per heavy atom. The van der Waals surface area contributed by atoms with E-state index in [0.717, 1.165) is 12.2 Å². The number of benzene rings is 1. The van der Waals surface area contributed by atoms with E-state index in [0.29, 0.717) is 0 Å². The van der Waals surface area contributed by atoms with Crippen molar-refractivity contribution in [3.63, 3.8) is 0 Å². The average molecular weight is 234 g/mol. The fourth-order valence-corrected chi connectivity index (χ4v) is 2.07. The average Bonchev–Trinajstić information content (AvgIpc) is 2.49. The van der Waals surface area contributed by atoms with Gasteiger partial charge in [-0.3, -0.25) is 0 Å². The van der Waals surface area contributed by atoms with E-state index in [1.807, 2.05) is 24.6 Å². The highest BCUT2D eigenvalue weighted by Crippen LogP contribution is 2.25. The normalized spacial score (nSPS) is 21.7. The number of allylic oxidation sites excluding steroid dienone is 6. The van der Waals surface area contributed by atoms with Crippen LogP contribution in [0.4, 0.5) is 0 Å². The Labute approximate surface area is 107 Å². The standard InChI is InChI=1S/C16H14N2/c1-2-5-13(6-3-1)14-7-9-15(10-8-14)16-17-11-4-12-18-16/h1-9,11-12,17H,10H2. The first-order chi connectivity index (χ1) is 8.93. The van der Waals surface area contributed by atoms with Gasteiger partial charge in [0.25, 0.3) is 0 Å². The minimum absolute atomic E-state index is 0.911. The van der Waals surface area contributed by atoms with Crippen molar-refractivity contribution < 1.29 is 0 Å². The lowest BCUT2D eigenvalue weighted by Crippen LogP contribution is -2.09. The molecule has 1 aliphatic carbocycles. The summed E-state index contributed by atoms with van der Waals surface area (Å²) in [6.07, 6.45) is 13.0. The second kappa shape index (κ2) is 4.88. The van der Waals surface area contributed by atoms with Crippen molar-refractivity contribution in [1.82, 2.24) is 5.32 Å². The molecule has 3 rings (SSSR count). The van der Waals surface area contributed by atoms with Gasteiger partial charge in [0, 0.05) is 12.4 Å². The molecule has 1 aromatic rings. The number of hydrogen-bond acceptors (Lipinski definition) is 2. The van der Waals surface area contributed by atoms with Crippen molar-refractivity contribution in [2.45, 2.75) is 6.42 Å². The van der Waals surface area contributed by atoms with Gasteiger partial charge < -0.3 is 5.32 Å². The van der Waals surface area contributed by atoms with Gasteiger partial charge in [-0.25, -0.2) is 4.99 Å². The minimum Gasteiger partial charge on any atom is -0.346 e. The molecule has 0 unspecified atom stereocenters. The lowest BCUT2D eigenvalue weighted by Gasteiger charge is -2.13. The van der Waals surface area contributed by atoms with Crippen LogP contribution in [-0.2, 0) is 0 Å². The first-order valence-electron chi connectivity index (χ1n) is 6.06. The van der Waals surface area contributed by atoms with Gasteiger partial charge in [-0.2, -0.15) is 0 Å². The third kappa shape index (κ3) is 2.18. The summed E-state index contributed by atoms with van der Waals surface area (Å²) in [6, 6.07) is 10.4. The predicted octanol–water partition coefficient (Wildman–Crippen LogP) is 3.43. The van der Waals surface area contributed by atoms with Crippen LogP contribution in [0.2, 0.25) is 0 Å². The SMILES string of the molecule is C1=CNC(=C2C=CC(c3ccccc3)=CC2)N=C1. The highest BCUT2D eigenvalue weighted by molar-refractivity contribution is 5.77. The fourth-order valence-electron chi connectivity index (χ4n) is 2.07. The Bertz CT molecular complexity index is 587. The second-order valence-corrected chi connectivity index (χ2v) is 4.22. The molecule has 1 aromatic carbocycles. The van der Waals surface area contributed by atoms with Crippen molar-refractivity contribution in [2.75, 3.05) is 0 Å². The van der Waals surface area contributed by atoms with E-state index in [2.05, 4.69) is 52.8 Å². The van der Waals surface area contributed by atoms with Crippen molar-refractivity contribution >= 4 is 11.8 Å². The number of rotatable bonds is 1. The van der Waals surface area contributed by atoms with Gasteiger partial charge >= 0.3 is 0 Å². The zero-order chi connectivity index (χ0) is 12.2. The molecule has 18 heavy (non-hydrogen) atoms. The molecule has 1 N–H and O–H groups in total. The summed E-state index contributed by atoms with van der Waals surface area (Å²) in [5, 5.41) is 3.16. The second-order valence-electron chi connectivity index (χ2n) is 4.22. The van der Waals surface area contributed by atoms with Gasteiger partial charge in [0.2, 0.25) is 0 Å². The fraction of sp³-hybridized carbons (Fsp3) is 0.0625. The van der Waals surface area contributed by atoms with E-state index in [1.54, 1.807) is 0 Å². The topological polar surface area (TPSA) is 24.4 Å². The van der Waals surface area contributed by atoms with E-state index in [4.69, 9.17) is 0 Å². The molecule has 0 saturated heterocycles. The van der Waals surface area contributed by atoms with Crippen LogP contribution in [0.25, 0.3) is 5.57 Å². The van der Waals surface area contributed by atoms with Gasteiger partial charge in [0.15, 0.2) is 0 Å². The van der Waals surface area contributed by atoms with Gasteiger partial charge in [0.05, 0.1) is 0 Å². The number of aliphatic imine (C=N–C) groups is 1. The molecule has 88 valence electrons. The molecule has 2 heteroatoms. The first-order valence-corrected chi connectivity index (χ1v) is 6.06. The third-order valence-corrected chi connectivity index (χ3v) is 3.02. The zero-order valence-corrected chi connectivity index (χ0v) is 10.0. The Morgan fingerprint density at radius 3 is 2.61 bits per heavy atom. The summed E-state index contributed by atoms with van der Waals surface area (Å²) in [5.41, 5.74) is 3.75. The van der Waals surface area contributed by atoms with Crippen molar-refractivity contribution in [3.8, 4) is 0 Å². The Hall–Kier alpha value is -2.35. The molecule has 1 heterocycles. The predicted molar refractivity (Wildman–Crippen MR) is 76.0 cm³/mol. The number of hydrogen-bond donors (Lipinski definition) is 1. The summed E-state index contributed by atoms with van der Waals surface area (Å²) in [5.74, 6) is 0.942. The molecule has 0 fully saturated rings. The third-order valence-electron chi connectivity index (χ3n) is 3.02. The van der Waals surface area contributed by atoms with E-state index in [1.165, 1.54) is 16.7 Å². The van der Waals surface area contributed by atoms with Gasteiger partial charge in [-0.15, -0.1) is 0 Å². The summed E-state index contributed by atoms with van der Waals surface area (Å²) in [6.45, 7) is 0. The van der Waals surface area contributed by atoms with Crippen molar-refractivity contribution in [2.24, 2.45) is 4.99 Å². The molecule has 0 radical (unpaired) electrons. The highest BCUT2D eigenvalue weighted by atomic mass is 15.0. The Morgan fingerprint density at radius 1 is 1.06 bits per heavy atom. The van der Waals surface area contributed by atoms with Crippen LogP contribution in [-0.4, -0.2) is 6.21 Å². The van der Waals surface area contributed by atoms with Crippen LogP contribution >= 0.6 is 0 Å². The molecule has 2 aliphatic rings. The first kappa shape index (κ1) is 10.8. The summed E-state index contributed by atoms with van der Waals surface area (Å²) < 4.78 is 0. The molecule has 0 spiro atoms. The van der Waals surface area contributed by atoms with E-state index >= 15 is 0 Å². The Balaban J connectivity index is 1.83. The zero-order valence-electron chi connectivity index (χ0n) is 10.0. The van der Waals surface area contributed by atoms with Gasteiger partial charge in [0.1, 0.15) is 5.82 Å². The molecular formula is C16H14N2. The van der Waals surface area contributed by atoms with Gasteiger partial charge in [-0.05, 0) is 29.2 Å². The summed E-state index contributed by atoms with van der Waals surface area (Å²) in [4.78, 5) is 4.33. The summed E-state index contributed by atoms with van der Waals surface area (Å²) in [7, 11) is 0. The van der Waals surface area contributed by atoms with Crippen LogP contribution < -0.4 is 5.32 Å². The maximum absolute atomic E-state index is 4.33. The smallest absolute Gasteiger partial charge is 0.133 e. The van der Waals surface area contributed by atoms with Gasteiger partial charge in [-0.1, -0.05) is 48.6 Å². The largest absolute Gasteiger partial charge is 0.346 e. The van der Waals surface area contributed by atoms with E-state index in [-0.39, 0.29) is 0 Å². The molecule has 1 aliphatic heterocycles. The number of nitrogens with one attached hydrogen (secondary N) is 1. The number of nitrogens with zero attached hydrogens (tertiary/aromatic N) is 1. The molecule has 0 bridgehead atoms. The molecule has 2 nitrogen and oxygen atoms in total. The van der Waals surface area contributed by atoms with Crippen LogP contribution in [0.3, 0.4) is 0 Å².